The third-order valence-corrected chi connectivity index (χ3v) is 3.77. The Morgan fingerprint density at radius 1 is 1.20 bits per heavy atom. The van der Waals surface area contributed by atoms with Crippen LogP contribution in [-0.4, -0.2) is 42.4 Å². The predicted molar refractivity (Wildman–Crippen MR) is 63.6 cm³/mol. The molecule has 3 nitrogen and oxygen atoms in total. The molecule has 0 aliphatic carbocycles. The van der Waals surface area contributed by atoms with Crippen LogP contribution in [0.15, 0.2) is 0 Å². The molecule has 0 saturated carbocycles. The second-order valence-corrected chi connectivity index (χ2v) is 4.77. The molecule has 0 spiro atoms. The third-order valence-electron chi connectivity index (χ3n) is 3.77. The van der Waals surface area contributed by atoms with Crippen LogP contribution in [0.3, 0.4) is 0 Å². The van der Waals surface area contributed by atoms with E-state index in [1.54, 1.807) is 0 Å². The molecule has 0 unspecified atom stereocenters. The van der Waals surface area contributed by atoms with Crippen LogP contribution in [0.5, 0.6) is 0 Å². The van der Waals surface area contributed by atoms with Crippen LogP contribution in [0, 0.1) is 0 Å². The molecule has 0 aromatic rings. The minimum atomic E-state index is 0. The van der Waals surface area contributed by atoms with E-state index < -0.39 is 0 Å². The summed E-state index contributed by atoms with van der Waals surface area (Å²) >= 11 is 0. The van der Waals surface area contributed by atoms with Crippen molar-refractivity contribution < 1.29 is 4.79 Å². The number of carbonyl (C=O) groups excluding carboxylic acids is 1. The van der Waals surface area contributed by atoms with Gasteiger partial charge >= 0.3 is 0 Å². The van der Waals surface area contributed by atoms with Gasteiger partial charge in [-0.2, -0.15) is 0 Å². The van der Waals surface area contributed by atoms with Gasteiger partial charge in [-0.1, -0.05) is 0 Å². The van der Waals surface area contributed by atoms with Gasteiger partial charge < -0.3 is 5.32 Å². The van der Waals surface area contributed by atoms with Gasteiger partial charge in [0.15, 0.2) is 0 Å². The Labute approximate surface area is 98.0 Å². The Morgan fingerprint density at radius 3 is 2.27 bits per heavy atom. The average molecular weight is 233 g/mol. The van der Waals surface area contributed by atoms with Gasteiger partial charge in [0.2, 0.25) is 0 Å². The highest BCUT2D eigenvalue weighted by atomic mass is 35.5. The standard InChI is InChI=1S/C11H20N2O.ClH/c1-11(4-6-12-7-5-11)13-8-2-10(14)3-9-13;/h12H,2-9H2,1H3;1H. The highest BCUT2D eigenvalue weighted by Gasteiger charge is 2.34. The third kappa shape index (κ3) is 2.92. The maximum absolute atomic E-state index is 11.2. The van der Waals surface area contributed by atoms with Gasteiger partial charge in [0.1, 0.15) is 5.78 Å². The van der Waals surface area contributed by atoms with Gasteiger partial charge in [0.05, 0.1) is 0 Å². The fourth-order valence-corrected chi connectivity index (χ4v) is 2.58. The first-order valence-corrected chi connectivity index (χ1v) is 5.68. The number of ketones is 1. The highest BCUT2D eigenvalue weighted by molar-refractivity contribution is 5.85. The van der Waals surface area contributed by atoms with Crippen LogP contribution in [0.25, 0.3) is 0 Å². The number of nitrogens with zero attached hydrogens (tertiary/aromatic N) is 1. The van der Waals surface area contributed by atoms with Crippen LogP contribution in [-0.2, 0) is 4.79 Å². The molecule has 88 valence electrons. The molecular formula is C11H21ClN2O. The molecule has 2 heterocycles. The summed E-state index contributed by atoms with van der Waals surface area (Å²) in [6, 6.07) is 0. The Balaban J connectivity index is 0.00000112. The summed E-state index contributed by atoms with van der Waals surface area (Å²) in [7, 11) is 0. The van der Waals surface area contributed by atoms with Crippen LogP contribution >= 0.6 is 12.4 Å². The molecule has 0 amide bonds. The van der Waals surface area contributed by atoms with Crippen LogP contribution in [0.1, 0.15) is 32.6 Å². The maximum atomic E-state index is 11.2. The van der Waals surface area contributed by atoms with E-state index in [0.29, 0.717) is 11.3 Å². The summed E-state index contributed by atoms with van der Waals surface area (Å²) in [6.45, 7) is 6.57. The quantitative estimate of drug-likeness (QED) is 0.738. The fourth-order valence-electron chi connectivity index (χ4n) is 2.58. The maximum Gasteiger partial charge on any atom is 0.135 e. The van der Waals surface area contributed by atoms with E-state index in [1.165, 1.54) is 12.8 Å². The van der Waals surface area contributed by atoms with Crippen LogP contribution < -0.4 is 5.32 Å². The second-order valence-electron chi connectivity index (χ2n) is 4.77. The molecule has 0 bridgehead atoms. The number of rotatable bonds is 1. The molecule has 2 aliphatic rings. The van der Waals surface area contributed by atoms with Gasteiger partial charge in [0.25, 0.3) is 0 Å². The van der Waals surface area contributed by atoms with Crippen molar-refractivity contribution in [3.8, 4) is 0 Å². The van der Waals surface area contributed by atoms with E-state index in [-0.39, 0.29) is 12.4 Å². The van der Waals surface area contributed by atoms with E-state index in [2.05, 4.69) is 17.1 Å². The normalized spacial score (nSPS) is 27.1. The number of carbonyl (C=O) groups is 1. The van der Waals surface area contributed by atoms with Crippen molar-refractivity contribution in [2.24, 2.45) is 0 Å². The summed E-state index contributed by atoms with van der Waals surface area (Å²) in [5.74, 6) is 0.443. The lowest BCUT2D eigenvalue weighted by atomic mass is 9.87. The van der Waals surface area contributed by atoms with Crippen molar-refractivity contribution in [2.75, 3.05) is 26.2 Å². The van der Waals surface area contributed by atoms with Gasteiger partial charge in [-0.3, -0.25) is 9.69 Å². The molecule has 2 fully saturated rings. The molecule has 15 heavy (non-hydrogen) atoms. The lowest BCUT2D eigenvalue weighted by molar-refractivity contribution is -0.123. The minimum absolute atomic E-state index is 0. The molecule has 2 rings (SSSR count). The second kappa shape index (κ2) is 5.28. The van der Waals surface area contributed by atoms with Gasteiger partial charge in [-0.15, -0.1) is 12.4 Å². The molecule has 0 radical (unpaired) electrons. The molecule has 4 heteroatoms. The van der Waals surface area contributed by atoms with E-state index in [9.17, 15) is 4.79 Å². The summed E-state index contributed by atoms with van der Waals surface area (Å²) in [6.07, 6.45) is 3.98. The van der Waals surface area contributed by atoms with Crippen molar-refractivity contribution >= 4 is 18.2 Å². The van der Waals surface area contributed by atoms with Crippen molar-refractivity contribution in [1.29, 1.82) is 0 Å². The zero-order valence-electron chi connectivity index (χ0n) is 9.42. The lowest BCUT2D eigenvalue weighted by Crippen LogP contribution is -2.55. The first-order valence-electron chi connectivity index (χ1n) is 5.68. The zero-order chi connectivity index (χ0) is 10.0. The molecule has 2 saturated heterocycles. The molecule has 2 aliphatic heterocycles. The molecule has 0 aromatic carbocycles. The first kappa shape index (κ1) is 12.9. The van der Waals surface area contributed by atoms with Crippen molar-refractivity contribution in [1.82, 2.24) is 10.2 Å². The number of hydrogen-bond acceptors (Lipinski definition) is 3. The number of halogens is 1. The topological polar surface area (TPSA) is 32.3 Å². The van der Waals surface area contributed by atoms with Gasteiger partial charge in [0, 0.05) is 31.5 Å². The average Bonchev–Trinajstić information content (AvgIpc) is 2.19. The van der Waals surface area contributed by atoms with Crippen molar-refractivity contribution in [3.63, 3.8) is 0 Å². The molecular weight excluding hydrogens is 212 g/mol. The molecule has 1 N–H and O–H groups in total. The lowest BCUT2D eigenvalue weighted by Gasteiger charge is -2.45. The number of likely N-dealkylation sites (tertiary alicyclic amines) is 1. The Hall–Kier alpha value is -0.120. The van der Waals surface area contributed by atoms with Crippen molar-refractivity contribution in [3.05, 3.63) is 0 Å². The Bertz CT molecular complexity index is 217. The van der Waals surface area contributed by atoms with Crippen molar-refractivity contribution in [2.45, 2.75) is 38.1 Å². The monoisotopic (exact) mass is 232 g/mol. The summed E-state index contributed by atoms with van der Waals surface area (Å²) in [5, 5.41) is 3.39. The number of piperidine rings is 2. The minimum Gasteiger partial charge on any atom is -0.317 e. The highest BCUT2D eigenvalue weighted by Crippen LogP contribution is 2.27. The largest absolute Gasteiger partial charge is 0.317 e. The van der Waals surface area contributed by atoms with E-state index in [4.69, 9.17) is 0 Å². The zero-order valence-corrected chi connectivity index (χ0v) is 10.2. The van der Waals surface area contributed by atoms with Crippen LogP contribution in [0.2, 0.25) is 0 Å². The fraction of sp³-hybridized carbons (Fsp3) is 0.909. The Morgan fingerprint density at radius 2 is 1.73 bits per heavy atom. The van der Waals surface area contributed by atoms with E-state index in [0.717, 1.165) is 39.0 Å². The summed E-state index contributed by atoms with van der Waals surface area (Å²) in [5.41, 5.74) is 0.353. The number of hydrogen-bond donors (Lipinski definition) is 1. The number of Topliss-reactive ketones (excluding diaryl/α,β-unsaturated/α-hetero) is 1. The SMILES string of the molecule is CC1(N2CCC(=O)CC2)CCNCC1.Cl. The summed E-state index contributed by atoms with van der Waals surface area (Å²) in [4.78, 5) is 13.7. The predicted octanol–water partition coefficient (Wildman–Crippen LogP) is 1.22. The van der Waals surface area contributed by atoms with Crippen LogP contribution in [0.4, 0.5) is 0 Å². The molecule has 0 atom stereocenters. The summed E-state index contributed by atoms with van der Waals surface area (Å²) < 4.78 is 0. The smallest absolute Gasteiger partial charge is 0.135 e. The number of nitrogens with one attached hydrogen (secondary N) is 1. The van der Waals surface area contributed by atoms with Gasteiger partial charge in [-0.05, 0) is 32.9 Å². The van der Waals surface area contributed by atoms with E-state index in [1.807, 2.05) is 0 Å². The van der Waals surface area contributed by atoms with E-state index >= 15 is 0 Å². The van der Waals surface area contributed by atoms with Gasteiger partial charge in [-0.25, -0.2) is 0 Å². The molecule has 0 aromatic heterocycles. The Kier molecular flexibility index (Phi) is 4.56. The first-order chi connectivity index (χ1) is 6.71.